The molecule has 3 N–H and O–H groups in total. The van der Waals surface area contributed by atoms with Crippen LogP contribution in [0.2, 0.25) is 0 Å². The normalized spacial score (nSPS) is 22.1. The predicted octanol–water partition coefficient (Wildman–Crippen LogP) is 1.51. The topological polar surface area (TPSA) is 96.5 Å². The molecule has 0 saturated carbocycles. The average molecular weight is 297 g/mol. The lowest BCUT2D eigenvalue weighted by molar-refractivity contribution is -0.157. The first kappa shape index (κ1) is 14.8. The molecule has 1 aromatic heterocycles. The van der Waals surface area contributed by atoms with E-state index in [1.807, 2.05) is 6.92 Å². The predicted molar refractivity (Wildman–Crippen MR) is 76.5 cm³/mol. The van der Waals surface area contributed by atoms with E-state index in [1.165, 1.54) is 16.2 Å². The molecular formula is C13H19N3O3S. The lowest BCUT2D eigenvalue weighted by Crippen LogP contribution is -2.53. The number of carbonyl (C=O) groups excluding carboxylic acids is 1. The highest BCUT2D eigenvalue weighted by Gasteiger charge is 2.48. The number of carboxylic acids is 1. The molecule has 0 radical (unpaired) electrons. The van der Waals surface area contributed by atoms with E-state index in [-0.39, 0.29) is 12.3 Å². The van der Waals surface area contributed by atoms with Gasteiger partial charge in [-0.05, 0) is 19.3 Å². The van der Waals surface area contributed by atoms with Gasteiger partial charge in [0.25, 0.3) is 0 Å². The van der Waals surface area contributed by atoms with Gasteiger partial charge in [-0.15, -0.1) is 11.3 Å². The third kappa shape index (κ3) is 2.63. The molecule has 0 aliphatic carbocycles. The fourth-order valence-electron chi connectivity index (χ4n) is 2.90. The summed E-state index contributed by atoms with van der Waals surface area (Å²) in [6.45, 7) is 2.44. The molecule has 1 amide bonds. The Morgan fingerprint density at radius 1 is 1.60 bits per heavy atom. The van der Waals surface area contributed by atoms with Gasteiger partial charge in [0, 0.05) is 11.9 Å². The maximum absolute atomic E-state index is 12.4. The highest BCUT2D eigenvalue weighted by molar-refractivity contribution is 7.13. The number of hydrogen-bond acceptors (Lipinski definition) is 5. The van der Waals surface area contributed by atoms with Crippen molar-refractivity contribution in [2.75, 3.05) is 12.3 Å². The van der Waals surface area contributed by atoms with Crippen LogP contribution in [0.25, 0.3) is 0 Å². The quantitative estimate of drug-likeness (QED) is 0.858. The van der Waals surface area contributed by atoms with Crippen molar-refractivity contribution in [2.24, 2.45) is 0 Å². The Kier molecular flexibility index (Phi) is 4.27. The molecule has 0 bridgehead atoms. The minimum Gasteiger partial charge on any atom is -0.479 e. The fraction of sp³-hybridized carbons (Fsp3) is 0.615. The Bertz CT molecular complexity index is 517. The average Bonchev–Trinajstić information content (AvgIpc) is 2.97. The van der Waals surface area contributed by atoms with Crippen LogP contribution in [-0.2, 0) is 16.0 Å². The van der Waals surface area contributed by atoms with Gasteiger partial charge in [-0.1, -0.05) is 13.3 Å². The van der Waals surface area contributed by atoms with Crippen LogP contribution in [0, 0.1) is 0 Å². The number of carboxylic acid groups (broad SMARTS) is 1. The molecule has 20 heavy (non-hydrogen) atoms. The molecule has 2 heterocycles. The number of nitrogens with two attached hydrogens (primary N) is 1. The fourth-order valence-corrected chi connectivity index (χ4v) is 3.46. The van der Waals surface area contributed by atoms with Gasteiger partial charge >= 0.3 is 5.97 Å². The summed E-state index contributed by atoms with van der Waals surface area (Å²) >= 11 is 1.28. The van der Waals surface area contributed by atoms with Crippen molar-refractivity contribution >= 4 is 28.3 Å². The van der Waals surface area contributed by atoms with E-state index in [2.05, 4.69) is 4.98 Å². The molecule has 7 heteroatoms. The van der Waals surface area contributed by atoms with Crippen molar-refractivity contribution in [3.8, 4) is 0 Å². The van der Waals surface area contributed by atoms with Crippen molar-refractivity contribution in [3.63, 3.8) is 0 Å². The van der Waals surface area contributed by atoms with Crippen LogP contribution in [0.1, 0.15) is 38.3 Å². The molecule has 0 aromatic carbocycles. The summed E-state index contributed by atoms with van der Waals surface area (Å²) in [7, 11) is 0. The lowest BCUT2D eigenvalue weighted by Gasteiger charge is -2.34. The van der Waals surface area contributed by atoms with Crippen molar-refractivity contribution in [1.29, 1.82) is 0 Å². The van der Waals surface area contributed by atoms with Crippen LogP contribution in [0.15, 0.2) is 5.38 Å². The van der Waals surface area contributed by atoms with Gasteiger partial charge in [0.15, 0.2) is 5.13 Å². The van der Waals surface area contributed by atoms with Crippen LogP contribution >= 0.6 is 11.3 Å². The summed E-state index contributed by atoms with van der Waals surface area (Å²) in [5, 5.41) is 11.7. The molecule has 1 unspecified atom stereocenters. The Labute approximate surface area is 121 Å². The zero-order valence-corrected chi connectivity index (χ0v) is 12.3. The van der Waals surface area contributed by atoms with E-state index < -0.39 is 11.5 Å². The van der Waals surface area contributed by atoms with E-state index in [4.69, 9.17) is 5.73 Å². The molecule has 1 aromatic rings. The van der Waals surface area contributed by atoms with Crippen molar-refractivity contribution < 1.29 is 14.7 Å². The number of thiazole rings is 1. The van der Waals surface area contributed by atoms with Crippen molar-refractivity contribution in [3.05, 3.63) is 11.1 Å². The van der Waals surface area contributed by atoms with Crippen LogP contribution in [-0.4, -0.2) is 39.0 Å². The SMILES string of the molecule is CCCC1(C(=O)O)CCCN1C(=O)Cc1csc(N)n1. The number of likely N-dealkylation sites (tertiary alicyclic amines) is 1. The molecule has 110 valence electrons. The number of aromatic nitrogens is 1. The highest BCUT2D eigenvalue weighted by atomic mass is 32.1. The van der Waals surface area contributed by atoms with Gasteiger partial charge in [-0.25, -0.2) is 9.78 Å². The number of amides is 1. The van der Waals surface area contributed by atoms with E-state index in [0.29, 0.717) is 30.2 Å². The van der Waals surface area contributed by atoms with E-state index in [1.54, 1.807) is 5.38 Å². The number of carbonyl (C=O) groups is 2. The zero-order valence-electron chi connectivity index (χ0n) is 11.5. The number of anilines is 1. The van der Waals surface area contributed by atoms with Gasteiger partial charge < -0.3 is 15.7 Å². The molecule has 0 spiro atoms. The first-order chi connectivity index (χ1) is 9.49. The largest absolute Gasteiger partial charge is 0.479 e. The van der Waals surface area contributed by atoms with E-state index in [9.17, 15) is 14.7 Å². The van der Waals surface area contributed by atoms with Crippen LogP contribution in [0.3, 0.4) is 0 Å². The Morgan fingerprint density at radius 3 is 2.90 bits per heavy atom. The molecule has 1 aliphatic rings. The Hall–Kier alpha value is -1.63. The molecule has 2 rings (SSSR count). The van der Waals surface area contributed by atoms with Crippen molar-refractivity contribution in [2.45, 2.75) is 44.6 Å². The number of hydrogen-bond donors (Lipinski definition) is 2. The molecule has 1 fully saturated rings. The standard InChI is InChI=1S/C13H19N3O3S/c1-2-4-13(11(18)19)5-3-6-16(13)10(17)7-9-8-20-12(14)15-9/h8H,2-7H2,1H3,(H2,14,15)(H,18,19). The summed E-state index contributed by atoms with van der Waals surface area (Å²) in [4.78, 5) is 29.6. The van der Waals surface area contributed by atoms with Crippen LogP contribution in [0.4, 0.5) is 5.13 Å². The van der Waals surface area contributed by atoms with Crippen molar-refractivity contribution in [1.82, 2.24) is 9.88 Å². The number of nitrogens with zero attached hydrogens (tertiary/aromatic N) is 2. The smallest absolute Gasteiger partial charge is 0.329 e. The first-order valence-electron chi connectivity index (χ1n) is 6.73. The third-order valence-corrected chi connectivity index (χ3v) is 4.48. The number of nitrogen functional groups attached to an aromatic ring is 1. The van der Waals surface area contributed by atoms with E-state index >= 15 is 0 Å². The van der Waals surface area contributed by atoms with Crippen LogP contribution in [0.5, 0.6) is 0 Å². The molecule has 1 atom stereocenters. The summed E-state index contributed by atoms with van der Waals surface area (Å²) in [6, 6.07) is 0. The van der Waals surface area contributed by atoms with Gasteiger partial charge in [0.1, 0.15) is 5.54 Å². The first-order valence-corrected chi connectivity index (χ1v) is 7.61. The molecular weight excluding hydrogens is 278 g/mol. The second-order valence-electron chi connectivity index (χ2n) is 5.09. The van der Waals surface area contributed by atoms with Gasteiger partial charge in [-0.2, -0.15) is 0 Å². The molecule has 1 aliphatic heterocycles. The zero-order chi connectivity index (χ0) is 14.8. The summed E-state index contributed by atoms with van der Waals surface area (Å²) in [5.74, 6) is -1.08. The number of aliphatic carboxylic acids is 1. The molecule has 6 nitrogen and oxygen atoms in total. The van der Waals surface area contributed by atoms with Gasteiger partial charge in [-0.3, -0.25) is 4.79 Å². The third-order valence-electron chi connectivity index (χ3n) is 3.75. The number of rotatable bonds is 5. The van der Waals surface area contributed by atoms with Gasteiger partial charge in [0.05, 0.1) is 12.1 Å². The second-order valence-corrected chi connectivity index (χ2v) is 5.98. The summed E-state index contributed by atoms with van der Waals surface area (Å²) in [5.41, 5.74) is 5.12. The minimum absolute atomic E-state index is 0.118. The Morgan fingerprint density at radius 2 is 2.35 bits per heavy atom. The molecule has 1 saturated heterocycles. The maximum atomic E-state index is 12.4. The summed E-state index contributed by atoms with van der Waals surface area (Å²) in [6.07, 6.45) is 2.61. The Balaban J connectivity index is 2.16. The summed E-state index contributed by atoms with van der Waals surface area (Å²) < 4.78 is 0. The second kappa shape index (κ2) is 5.78. The van der Waals surface area contributed by atoms with Crippen LogP contribution < -0.4 is 5.73 Å². The minimum atomic E-state index is -1.03. The van der Waals surface area contributed by atoms with Gasteiger partial charge in [0.2, 0.25) is 5.91 Å². The highest BCUT2D eigenvalue weighted by Crippen LogP contribution is 2.34. The van der Waals surface area contributed by atoms with E-state index in [0.717, 1.165) is 12.8 Å². The monoisotopic (exact) mass is 297 g/mol. The maximum Gasteiger partial charge on any atom is 0.329 e. The lowest BCUT2D eigenvalue weighted by atomic mass is 9.90.